The Hall–Kier alpha value is -2.04. The van der Waals surface area contributed by atoms with Crippen molar-refractivity contribution in [1.29, 1.82) is 0 Å². The van der Waals surface area contributed by atoms with E-state index in [2.05, 4.69) is 10.3 Å². The standard InChI is InChI=1S/C20H17Cl3N2O5S2/c1-29-16-4-3-11(5-17(16)30-2)8-24-20(26)15-9-31-19(25-15)10-32(27,28)18-7-13(22)12(21)6-14(18)23/h3-7,9H,8,10H2,1-2H3,(H,24,26). The number of nitrogens with one attached hydrogen (secondary N) is 1. The molecule has 32 heavy (non-hydrogen) atoms. The Morgan fingerprint density at radius 1 is 1.03 bits per heavy atom. The first-order chi connectivity index (χ1) is 15.1. The minimum absolute atomic E-state index is 0.0381. The second-order valence-corrected chi connectivity index (χ2v) is 10.6. The molecule has 12 heteroatoms. The highest BCUT2D eigenvalue weighted by Crippen LogP contribution is 2.33. The first-order valence-corrected chi connectivity index (χ1v) is 12.6. The van der Waals surface area contributed by atoms with Gasteiger partial charge in [-0.25, -0.2) is 13.4 Å². The fourth-order valence-electron chi connectivity index (χ4n) is 2.73. The van der Waals surface area contributed by atoms with Crippen LogP contribution in [0, 0.1) is 0 Å². The van der Waals surface area contributed by atoms with E-state index in [-0.39, 0.29) is 37.2 Å². The molecule has 1 aromatic heterocycles. The van der Waals surface area contributed by atoms with Crippen LogP contribution in [0.2, 0.25) is 15.1 Å². The number of thiazole rings is 1. The molecular weight excluding hydrogens is 519 g/mol. The fourth-order valence-corrected chi connectivity index (χ4v) is 6.19. The summed E-state index contributed by atoms with van der Waals surface area (Å²) >= 11 is 18.9. The van der Waals surface area contributed by atoms with Crippen LogP contribution >= 0.6 is 46.1 Å². The van der Waals surface area contributed by atoms with E-state index in [4.69, 9.17) is 44.3 Å². The van der Waals surface area contributed by atoms with Crippen LogP contribution in [-0.2, 0) is 22.1 Å². The van der Waals surface area contributed by atoms with Crippen LogP contribution in [0.15, 0.2) is 40.6 Å². The summed E-state index contributed by atoms with van der Waals surface area (Å²) < 4.78 is 35.9. The summed E-state index contributed by atoms with van der Waals surface area (Å²) in [6.07, 6.45) is 0. The number of nitrogens with zero attached hydrogens (tertiary/aromatic N) is 1. The highest BCUT2D eigenvalue weighted by molar-refractivity contribution is 7.90. The summed E-state index contributed by atoms with van der Waals surface area (Å²) in [5.74, 6) is 0.252. The molecule has 0 radical (unpaired) electrons. The summed E-state index contributed by atoms with van der Waals surface area (Å²) in [7, 11) is -0.789. The van der Waals surface area contributed by atoms with Gasteiger partial charge in [-0.3, -0.25) is 4.79 Å². The molecule has 0 fully saturated rings. The van der Waals surface area contributed by atoms with Crippen molar-refractivity contribution in [3.8, 4) is 11.5 Å². The highest BCUT2D eigenvalue weighted by Gasteiger charge is 2.23. The Morgan fingerprint density at radius 3 is 2.41 bits per heavy atom. The maximum Gasteiger partial charge on any atom is 0.271 e. The molecule has 3 aromatic rings. The normalized spacial score (nSPS) is 11.3. The average molecular weight is 536 g/mol. The van der Waals surface area contributed by atoms with E-state index in [0.717, 1.165) is 16.9 Å². The Morgan fingerprint density at radius 2 is 1.72 bits per heavy atom. The van der Waals surface area contributed by atoms with Gasteiger partial charge in [0.15, 0.2) is 21.3 Å². The van der Waals surface area contributed by atoms with Gasteiger partial charge in [-0.1, -0.05) is 40.9 Å². The Kier molecular flexibility index (Phi) is 7.89. The maximum atomic E-state index is 12.7. The van der Waals surface area contributed by atoms with Crippen LogP contribution in [0.1, 0.15) is 21.1 Å². The van der Waals surface area contributed by atoms with Crippen molar-refractivity contribution in [1.82, 2.24) is 10.3 Å². The lowest BCUT2D eigenvalue weighted by molar-refractivity contribution is 0.0946. The van der Waals surface area contributed by atoms with Gasteiger partial charge in [0, 0.05) is 11.9 Å². The molecule has 1 N–H and O–H groups in total. The molecular formula is C20H17Cl3N2O5S2. The van der Waals surface area contributed by atoms with Crippen LogP contribution in [0.4, 0.5) is 0 Å². The number of hydrogen-bond acceptors (Lipinski definition) is 7. The number of sulfone groups is 1. The van der Waals surface area contributed by atoms with Crippen molar-refractivity contribution in [2.75, 3.05) is 14.2 Å². The second-order valence-electron chi connectivity index (χ2n) is 6.45. The largest absolute Gasteiger partial charge is 0.493 e. The van der Waals surface area contributed by atoms with Crippen LogP contribution in [0.5, 0.6) is 11.5 Å². The zero-order valence-corrected chi connectivity index (χ0v) is 20.7. The van der Waals surface area contributed by atoms with Gasteiger partial charge in [-0.2, -0.15) is 0 Å². The number of carbonyl (C=O) groups excluding carboxylic acids is 1. The first kappa shape index (κ1) is 24.6. The molecule has 170 valence electrons. The number of halogens is 3. The quantitative estimate of drug-likeness (QED) is 0.407. The monoisotopic (exact) mass is 534 g/mol. The van der Waals surface area contributed by atoms with E-state index in [0.29, 0.717) is 11.5 Å². The third kappa shape index (κ3) is 5.65. The molecule has 0 aliphatic rings. The number of aromatic nitrogens is 1. The molecule has 0 bridgehead atoms. The van der Waals surface area contributed by atoms with Crippen molar-refractivity contribution in [2.45, 2.75) is 17.2 Å². The molecule has 0 aliphatic heterocycles. The smallest absolute Gasteiger partial charge is 0.271 e. The van der Waals surface area contributed by atoms with E-state index < -0.39 is 21.5 Å². The average Bonchev–Trinajstić information content (AvgIpc) is 3.22. The lowest BCUT2D eigenvalue weighted by atomic mass is 10.2. The molecule has 0 spiro atoms. The van der Waals surface area contributed by atoms with Gasteiger partial charge in [0.25, 0.3) is 5.91 Å². The van der Waals surface area contributed by atoms with Crippen molar-refractivity contribution < 1.29 is 22.7 Å². The molecule has 0 saturated carbocycles. The van der Waals surface area contributed by atoms with Gasteiger partial charge in [0.2, 0.25) is 0 Å². The third-order valence-electron chi connectivity index (χ3n) is 4.31. The summed E-state index contributed by atoms with van der Waals surface area (Å²) in [6, 6.07) is 7.75. The first-order valence-electron chi connectivity index (χ1n) is 8.95. The Labute approximate surface area is 204 Å². The predicted molar refractivity (Wildman–Crippen MR) is 125 cm³/mol. The van der Waals surface area contributed by atoms with E-state index >= 15 is 0 Å². The molecule has 1 heterocycles. The van der Waals surface area contributed by atoms with Crippen LogP contribution in [-0.4, -0.2) is 33.5 Å². The summed E-state index contributed by atoms with van der Waals surface area (Å²) in [5.41, 5.74) is 0.907. The lowest BCUT2D eigenvalue weighted by Crippen LogP contribution is -2.23. The number of ether oxygens (including phenoxy) is 2. The minimum Gasteiger partial charge on any atom is -0.493 e. The zero-order chi connectivity index (χ0) is 23.5. The van der Waals surface area contributed by atoms with Crippen molar-refractivity contribution in [2.24, 2.45) is 0 Å². The number of carbonyl (C=O) groups is 1. The third-order valence-corrected chi connectivity index (χ3v) is 8.15. The van der Waals surface area contributed by atoms with Crippen LogP contribution in [0.25, 0.3) is 0 Å². The maximum absolute atomic E-state index is 12.7. The topological polar surface area (TPSA) is 94.6 Å². The van der Waals surface area contributed by atoms with Crippen molar-refractivity contribution in [3.05, 3.63) is 67.0 Å². The lowest BCUT2D eigenvalue weighted by Gasteiger charge is -2.10. The van der Waals surface area contributed by atoms with Crippen molar-refractivity contribution in [3.63, 3.8) is 0 Å². The summed E-state index contributed by atoms with van der Waals surface area (Å²) in [6.45, 7) is 0.225. The van der Waals surface area contributed by atoms with Crippen LogP contribution < -0.4 is 14.8 Å². The molecule has 1 amide bonds. The van der Waals surface area contributed by atoms with E-state index in [1.165, 1.54) is 31.7 Å². The van der Waals surface area contributed by atoms with Gasteiger partial charge >= 0.3 is 0 Å². The van der Waals surface area contributed by atoms with Gasteiger partial charge in [-0.05, 0) is 29.8 Å². The molecule has 3 rings (SSSR count). The van der Waals surface area contributed by atoms with Gasteiger partial charge < -0.3 is 14.8 Å². The fraction of sp³-hybridized carbons (Fsp3) is 0.200. The minimum atomic E-state index is -3.85. The molecule has 2 aromatic carbocycles. The molecule has 0 unspecified atom stereocenters. The Bertz CT molecular complexity index is 1260. The number of benzene rings is 2. The van der Waals surface area contributed by atoms with Crippen LogP contribution in [0.3, 0.4) is 0 Å². The predicted octanol–water partition coefficient (Wildman–Crippen LogP) is 5.02. The van der Waals surface area contributed by atoms with Gasteiger partial charge in [0.1, 0.15) is 16.5 Å². The number of rotatable bonds is 8. The number of hydrogen-bond donors (Lipinski definition) is 1. The Balaban J connectivity index is 1.69. The zero-order valence-electron chi connectivity index (χ0n) is 16.8. The highest BCUT2D eigenvalue weighted by atomic mass is 35.5. The molecule has 0 atom stereocenters. The van der Waals surface area contributed by atoms with E-state index in [1.807, 2.05) is 0 Å². The van der Waals surface area contributed by atoms with Crippen molar-refractivity contribution >= 4 is 61.9 Å². The summed E-state index contributed by atoms with van der Waals surface area (Å²) in [5, 5.41) is 4.66. The molecule has 0 saturated heterocycles. The molecule has 0 aliphatic carbocycles. The molecule has 7 nitrogen and oxygen atoms in total. The SMILES string of the molecule is COc1ccc(CNC(=O)c2csc(CS(=O)(=O)c3cc(Cl)c(Cl)cc3Cl)n2)cc1OC. The number of methoxy groups -OCH3 is 2. The van der Waals surface area contributed by atoms with E-state index in [1.54, 1.807) is 18.2 Å². The van der Waals surface area contributed by atoms with E-state index in [9.17, 15) is 13.2 Å². The summed E-state index contributed by atoms with van der Waals surface area (Å²) in [4.78, 5) is 16.4. The number of amides is 1. The second kappa shape index (κ2) is 10.3. The van der Waals surface area contributed by atoms with Gasteiger partial charge in [-0.15, -0.1) is 11.3 Å². The van der Waals surface area contributed by atoms with Gasteiger partial charge in [0.05, 0.1) is 34.2 Å².